The third-order valence-electron chi connectivity index (χ3n) is 6.07. The van der Waals surface area contributed by atoms with Gasteiger partial charge in [-0.3, -0.25) is 9.48 Å². The quantitative estimate of drug-likeness (QED) is 0.941. The second-order valence-corrected chi connectivity index (χ2v) is 7.72. The Morgan fingerprint density at radius 1 is 1.17 bits per heavy atom. The summed E-state index contributed by atoms with van der Waals surface area (Å²) in [5, 5.41) is 7.53. The van der Waals surface area contributed by atoms with E-state index in [9.17, 15) is 4.79 Å². The van der Waals surface area contributed by atoms with Crippen LogP contribution in [0.15, 0.2) is 35.1 Å². The number of carbonyl (C=O) groups is 1. The van der Waals surface area contributed by atoms with Gasteiger partial charge in [0.25, 0.3) is 5.91 Å². The number of nitrogens with zero attached hydrogens (tertiary/aromatic N) is 2. The first-order valence-electron chi connectivity index (χ1n) is 8.61. The number of aromatic nitrogens is 2. The van der Waals surface area contributed by atoms with Crippen molar-refractivity contribution in [3.63, 3.8) is 0 Å². The molecule has 6 rings (SSSR count). The largest absolute Gasteiger partial charge is 0.459 e. The number of carbonyl (C=O) groups excluding carboxylic acids is 1. The predicted octanol–water partition coefficient (Wildman–Crippen LogP) is 3.65. The predicted molar refractivity (Wildman–Crippen MR) is 85.0 cm³/mol. The summed E-state index contributed by atoms with van der Waals surface area (Å²) in [4.78, 5) is 12.1. The van der Waals surface area contributed by atoms with Crippen molar-refractivity contribution >= 4 is 11.7 Å². The third-order valence-corrected chi connectivity index (χ3v) is 6.07. The van der Waals surface area contributed by atoms with E-state index in [4.69, 9.17) is 9.52 Å². The van der Waals surface area contributed by atoms with E-state index in [0.29, 0.717) is 11.6 Å². The van der Waals surface area contributed by atoms with Crippen molar-refractivity contribution in [2.45, 2.75) is 44.1 Å². The maximum absolute atomic E-state index is 12.1. The maximum Gasteiger partial charge on any atom is 0.292 e. The lowest BCUT2D eigenvalue weighted by molar-refractivity contribution is -0.0492. The Kier molecular flexibility index (Phi) is 2.75. The molecule has 4 fully saturated rings. The van der Waals surface area contributed by atoms with E-state index in [1.807, 2.05) is 12.3 Å². The molecular formula is C18H21N3O2. The van der Waals surface area contributed by atoms with Gasteiger partial charge in [-0.15, -0.1) is 0 Å². The molecule has 120 valence electrons. The van der Waals surface area contributed by atoms with E-state index in [1.165, 1.54) is 44.8 Å². The topological polar surface area (TPSA) is 60.1 Å². The molecule has 4 bridgehead atoms. The van der Waals surface area contributed by atoms with Crippen LogP contribution in [0.5, 0.6) is 0 Å². The van der Waals surface area contributed by atoms with Crippen molar-refractivity contribution in [2.75, 3.05) is 5.32 Å². The van der Waals surface area contributed by atoms with Crippen LogP contribution >= 0.6 is 0 Å². The molecule has 4 aliphatic carbocycles. The minimum atomic E-state index is -0.245. The molecule has 1 amide bonds. The fraction of sp³-hybridized carbons (Fsp3) is 0.556. The van der Waals surface area contributed by atoms with Gasteiger partial charge in [0.05, 0.1) is 11.8 Å². The highest BCUT2D eigenvalue weighted by Crippen LogP contribution is 2.58. The van der Waals surface area contributed by atoms with E-state index in [1.54, 1.807) is 12.1 Å². The highest BCUT2D eigenvalue weighted by Gasteiger charge is 2.52. The zero-order valence-electron chi connectivity index (χ0n) is 13.1. The summed E-state index contributed by atoms with van der Waals surface area (Å²) in [6.07, 6.45) is 11.6. The molecule has 1 N–H and O–H groups in total. The summed E-state index contributed by atoms with van der Waals surface area (Å²) in [7, 11) is 0. The van der Waals surface area contributed by atoms with Gasteiger partial charge in [-0.05, 0) is 68.4 Å². The van der Waals surface area contributed by atoms with Crippen molar-refractivity contribution < 1.29 is 9.21 Å². The number of nitrogens with one attached hydrogen (secondary N) is 1. The average molecular weight is 311 g/mol. The molecule has 2 aromatic rings. The zero-order valence-corrected chi connectivity index (χ0v) is 13.1. The van der Waals surface area contributed by atoms with Gasteiger partial charge in [-0.2, -0.15) is 5.10 Å². The fourth-order valence-electron chi connectivity index (χ4n) is 5.59. The maximum atomic E-state index is 12.1. The Balaban J connectivity index is 1.38. The Bertz CT molecular complexity index is 696. The number of anilines is 1. The van der Waals surface area contributed by atoms with Crippen LogP contribution in [-0.2, 0) is 5.54 Å². The average Bonchev–Trinajstić information content (AvgIpc) is 3.17. The highest BCUT2D eigenvalue weighted by molar-refractivity contribution is 6.01. The van der Waals surface area contributed by atoms with Gasteiger partial charge in [-0.1, -0.05) is 0 Å². The van der Waals surface area contributed by atoms with Crippen molar-refractivity contribution in [2.24, 2.45) is 17.8 Å². The van der Waals surface area contributed by atoms with Gasteiger partial charge in [0, 0.05) is 12.3 Å². The summed E-state index contributed by atoms with van der Waals surface area (Å²) in [6.45, 7) is 0. The van der Waals surface area contributed by atoms with E-state index < -0.39 is 0 Å². The van der Waals surface area contributed by atoms with Crippen LogP contribution in [-0.4, -0.2) is 15.7 Å². The highest BCUT2D eigenvalue weighted by atomic mass is 16.3. The molecule has 0 aliphatic heterocycles. The Labute approximate surface area is 135 Å². The second-order valence-electron chi connectivity index (χ2n) is 7.72. The molecule has 0 radical (unpaired) electrons. The van der Waals surface area contributed by atoms with Gasteiger partial charge in [0.1, 0.15) is 0 Å². The first kappa shape index (κ1) is 13.4. The van der Waals surface area contributed by atoms with Crippen molar-refractivity contribution in [1.29, 1.82) is 0 Å². The van der Waals surface area contributed by atoms with Crippen LogP contribution in [0.25, 0.3) is 0 Å². The molecule has 0 spiro atoms. The standard InChI is InChI=1S/C18H21N3O2/c22-17(15-2-1-5-23-15)19-16-3-4-21(20-16)18-9-12-6-13(10-18)8-14(7-12)11-18/h1-5,12-14H,6-11H2,(H,19,20,22). The Morgan fingerprint density at radius 2 is 1.87 bits per heavy atom. The molecular weight excluding hydrogens is 290 g/mol. The first-order chi connectivity index (χ1) is 11.2. The molecule has 2 heterocycles. The van der Waals surface area contributed by atoms with E-state index in [2.05, 4.69) is 10.00 Å². The molecule has 2 aromatic heterocycles. The van der Waals surface area contributed by atoms with E-state index in [0.717, 1.165) is 17.8 Å². The van der Waals surface area contributed by atoms with Crippen LogP contribution in [0.2, 0.25) is 0 Å². The molecule has 4 saturated carbocycles. The van der Waals surface area contributed by atoms with Crippen molar-refractivity contribution in [3.05, 3.63) is 36.4 Å². The lowest BCUT2D eigenvalue weighted by Gasteiger charge is -2.56. The number of furan rings is 1. The van der Waals surface area contributed by atoms with E-state index >= 15 is 0 Å². The summed E-state index contributed by atoms with van der Waals surface area (Å²) >= 11 is 0. The molecule has 5 heteroatoms. The van der Waals surface area contributed by atoms with Crippen LogP contribution in [0.3, 0.4) is 0 Å². The molecule has 0 aromatic carbocycles. The van der Waals surface area contributed by atoms with Gasteiger partial charge in [0.15, 0.2) is 11.6 Å². The molecule has 0 unspecified atom stereocenters. The third kappa shape index (κ3) is 2.13. The van der Waals surface area contributed by atoms with Crippen LogP contribution in [0, 0.1) is 17.8 Å². The number of rotatable bonds is 3. The lowest BCUT2D eigenvalue weighted by Crippen LogP contribution is -2.52. The van der Waals surface area contributed by atoms with Crippen molar-refractivity contribution in [3.8, 4) is 0 Å². The molecule has 5 nitrogen and oxygen atoms in total. The van der Waals surface area contributed by atoms with Gasteiger partial charge >= 0.3 is 0 Å². The summed E-state index contributed by atoms with van der Waals surface area (Å²) < 4.78 is 7.28. The first-order valence-corrected chi connectivity index (χ1v) is 8.61. The van der Waals surface area contributed by atoms with Gasteiger partial charge in [-0.25, -0.2) is 0 Å². The molecule has 0 saturated heterocycles. The second kappa shape index (κ2) is 4.73. The van der Waals surface area contributed by atoms with Crippen LogP contribution in [0.4, 0.5) is 5.82 Å². The Morgan fingerprint density at radius 3 is 2.48 bits per heavy atom. The Hall–Kier alpha value is -2.04. The number of hydrogen-bond donors (Lipinski definition) is 1. The molecule has 0 atom stereocenters. The monoisotopic (exact) mass is 311 g/mol. The van der Waals surface area contributed by atoms with Crippen LogP contribution < -0.4 is 5.32 Å². The number of hydrogen-bond acceptors (Lipinski definition) is 3. The van der Waals surface area contributed by atoms with Gasteiger partial charge < -0.3 is 9.73 Å². The zero-order chi connectivity index (χ0) is 15.4. The van der Waals surface area contributed by atoms with Crippen molar-refractivity contribution in [1.82, 2.24) is 9.78 Å². The molecule has 4 aliphatic rings. The SMILES string of the molecule is O=C(Nc1ccn(C23CC4CC(CC(C4)C2)C3)n1)c1ccco1. The smallest absolute Gasteiger partial charge is 0.292 e. The lowest BCUT2D eigenvalue weighted by atomic mass is 9.53. The fourth-order valence-corrected chi connectivity index (χ4v) is 5.59. The number of amides is 1. The summed E-state index contributed by atoms with van der Waals surface area (Å²) in [5.41, 5.74) is 0.197. The normalized spacial score (nSPS) is 34.7. The van der Waals surface area contributed by atoms with Gasteiger partial charge in [0.2, 0.25) is 0 Å². The summed E-state index contributed by atoms with van der Waals surface area (Å²) in [5.74, 6) is 3.33. The minimum Gasteiger partial charge on any atom is -0.459 e. The van der Waals surface area contributed by atoms with E-state index in [-0.39, 0.29) is 11.4 Å². The van der Waals surface area contributed by atoms with Crippen LogP contribution in [0.1, 0.15) is 49.1 Å². The minimum absolute atomic E-state index is 0.197. The summed E-state index contributed by atoms with van der Waals surface area (Å²) in [6, 6.07) is 5.27. The molecule has 23 heavy (non-hydrogen) atoms.